The number of hydrazine groups is 1. The Morgan fingerprint density at radius 2 is 1.79 bits per heavy atom. The van der Waals surface area contributed by atoms with Crippen molar-refractivity contribution in [2.45, 2.75) is 23.4 Å². The van der Waals surface area contributed by atoms with Crippen molar-refractivity contribution >= 4 is 21.6 Å². The van der Waals surface area contributed by atoms with Crippen LogP contribution in [0.1, 0.15) is 18.0 Å². The lowest BCUT2D eigenvalue weighted by Crippen LogP contribution is -2.40. The molecular weight excluding hydrogens is 448 g/mol. The fraction of sp³-hybridized carbons (Fsp3) is 0.409. The summed E-state index contributed by atoms with van der Waals surface area (Å²) >= 11 is 0. The largest absolute Gasteiger partial charge is 0.497 e. The van der Waals surface area contributed by atoms with E-state index < -0.39 is 16.1 Å². The van der Waals surface area contributed by atoms with Gasteiger partial charge in [0.15, 0.2) is 0 Å². The van der Waals surface area contributed by atoms with E-state index in [-0.39, 0.29) is 22.6 Å². The van der Waals surface area contributed by atoms with Crippen molar-refractivity contribution in [2.75, 3.05) is 45.8 Å². The Morgan fingerprint density at radius 1 is 1.06 bits per heavy atom. The minimum Gasteiger partial charge on any atom is -0.497 e. The molecule has 2 aromatic carbocycles. The van der Waals surface area contributed by atoms with Crippen molar-refractivity contribution < 1.29 is 27.4 Å². The zero-order chi connectivity index (χ0) is 23.4. The summed E-state index contributed by atoms with van der Waals surface area (Å²) in [6.07, 6.45) is 0.450. The van der Waals surface area contributed by atoms with Gasteiger partial charge in [0, 0.05) is 24.8 Å². The van der Waals surface area contributed by atoms with Crippen LogP contribution in [-0.2, 0) is 19.6 Å². The number of anilines is 1. The average Bonchev–Trinajstić information content (AvgIpc) is 3.35. The van der Waals surface area contributed by atoms with Crippen molar-refractivity contribution in [1.82, 2.24) is 15.2 Å². The molecule has 2 aliphatic rings. The van der Waals surface area contributed by atoms with Crippen LogP contribution in [0.5, 0.6) is 11.5 Å². The van der Waals surface area contributed by atoms with Gasteiger partial charge in [-0.2, -0.15) is 4.31 Å². The molecular formula is C22H28N4O6S. The van der Waals surface area contributed by atoms with Gasteiger partial charge in [0.1, 0.15) is 22.4 Å². The second-order valence-electron chi connectivity index (χ2n) is 7.77. The lowest BCUT2D eigenvalue weighted by molar-refractivity contribution is -0.117. The maximum Gasteiger partial charge on any atom is 0.246 e. The highest BCUT2D eigenvalue weighted by molar-refractivity contribution is 7.89. The molecule has 0 saturated carbocycles. The topological polar surface area (TPSA) is 118 Å². The van der Waals surface area contributed by atoms with Crippen LogP contribution in [0.15, 0.2) is 47.4 Å². The Labute approximate surface area is 193 Å². The van der Waals surface area contributed by atoms with Crippen LogP contribution in [0.2, 0.25) is 0 Å². The van der Waals surface area contributed by atoms with Gasteiger partial charge in [-0.05, 0) is 48.4 Å². The van der Waals surface area contributed by atoms with Crippen LogP contribution in [0.3, 0.4) is 0 Å². The third kappa shape index (κ3) is 5.12. The average molecular weight is 477 g/mol. The molecule has 2 aliphatic heterocycles. The normalized spacial score (nSPS) is 21.5. The molecule has 3 N–H and O–H groups in total. The summed E-state index contributed by atoms with van der Waals surface area (Å²) in [6, 6.07) is 11.4. The van der Waals surface area contributed by atoms with Crippen LogP contribution in [0.4, 0.5) is 5.69 Å². The van der Waals surface area contributed by atoms with Gasteiger partial charge in [-0.25, -0.2) is 19.3 Å². The standard InChI is InChI=1S/C22H28N4O6S/c1-30-17-6-4-16(5-7-17)23-22(27)19-14-18(24-25-19)15-3-8-20(31-2)21(13-15)33(28,29)26-9-11-32-12-10-26/h3-8,13,18-19,24-25H,9-12,14H2,1-2H3,(H,23,27). The van der Waals surface area contributed by atoms with Crippen LogP contribution < -0.4 is 25.6 Å². The van der Waals surface area contributed by atoms with Crippen LogP contribution in [-0.4, -0.2) is 65.2 Å². The number of rotatable bonds is 7. The van der Waals surface area contributed by atoms with Crippen LogP contribution >= 0.6 is 0 Å². The van der Waals surface area contributed by atoms with Crippen molar-refractivity contribution in [2.24, 2.45) is 0 Å². The summed E-state index contributed by atoms with van der Waals surface area (Å²) in [5, 5.41) is 2.87. The van der Waals surface area contributed by atoms with Crippen molar-refractivity contribution in [3.8, 4) is 11.5 Å². The summed E-state index contributed by atoms with van der Waals surface area (Å²) in [7, 11) is -0.714. The molecule has 1 amide bonds. The fourth-order valence-corrected chi connectivity index (χ4v) is 5.49. The van der Waals surface area contributed by atoms with E-state index in [1.807, 2.05) is 0 Å². The molecule has 2 fully saturated rings. The minimum absolute atomic E-state index is 0.109. The van der Waals surface area contributed by atoms with Gasteiger partial charge >= 0.3 is 0 Å². The molecule has 0 bridgehead atoms. The Bertz CT molecular complexity index is 1090. The first-order valence-corrected chi connectivity index (χ1v) is 12.1. The number of ether oxygens (including phenoxy) is 3. The SMILES string of the molecule is COc1ccc(NC(=O)C2CC(c3ccc(OC)c(S(=O)(=O)N4CCOCC4)c3)NN2)cc1. The van der Waals surface area contributed by atoms with Crippen LogP contribution in [0, 0.1) is 0 Å². The van der Waals surface area contributed by atoms with E-state index >= 15 is 0 Å². The Morgan fingerprint density at radius 3 is 2.45 bits per heavy atom. The summed E-state index contributed by atoms with van der Waals surface area (Å²) in [5.74, 6) is 0.797. The third-order valence-corrected chi connectivity index (χ3v) is 7.68. The lowest BCUT2D eigenvalue weighted by Gasteiger charge is -2.27. The van der Waals surface area contributed by atoms with Gasteiger partial charge in [0.05, 0.1) is 27.4 Å². The van der Waals surface area contributed by atoms with Crippen LogP contribution in [0.25, 0.3) is 0 Å². The zero-order valence-electron chi connectivity index (χ0n) is 18.5. The first-order valence-electron chi connectivity index (χ1n) is 10.6. The zero-order valence-corrected chi connectivity index (χ0v) is 19.4. The van der Waals surface area contributed by atoms with E-state index in [9.17, 15) is 13.2 Å². The number of amides is 1. The molecule has 0 radical (unpaired) electrons. The highest BCUT2D eigenvalue weighted by Gasteiger charge is 2.33. The van der Waals surface area contributed by atoms with Gasteiger partial charge in [-0.15, -0.1) is 0 Å². The van der Waals surface area contributed by atoms with E-state index in [0.717, 1.165) is 5.56 Å². The molecule has 2 heterocycles. The highest BCUT2D eigenvalue weighted by atomic mass is 32.2. The molecule has 2 atom stereocenters. The van der Waals surface area contributed by atoms with Gasteiger partial charge in [0.2, 0.25) is 15.9 Å². The predicted octanol–water partition coefficient (Wildman–Crippen LogP) is 1.27. The molecule has 0 aromatic heterocycles. The first kappa shape index (κ1) is 23.5. The monoisotopic (exact) mass is 476 g/mol. The minimum atomic E-state index is -3.74. The Kier molecular flexibility index (Phi) is 7.15. The smallest absolute Gasteiger partial charge is 0.246 e. The molecule has 0 spiro atoms. The molecule has 2 unspecified atom stereocenters. The second kappa shape index (κ2) is 10.1. The van der Waals surface area contributed by atoms with Gasteiger partial charge < -0.3 is 19.5 Å². The number of sulfonamides is 1. The fourth-order valence-electron chi connectivity index (χ4n) is 3.89. The maximum absolute atomic E-state index is 13.2. The molecule has 2 aromatic rings. The van der Waals surface area contributed by atoms with E-state index in [2.05, 4.69) is 16.2 Å². The molecule has 4 rings (SSSR count). The molecule has 33 heavy (non-hydrogen) atoms. The summed E-state index contributed by atoms with van der Waals surface area (Å²) in [6.45, 7) is 1.32. The van der Waals surface area contributed by atoms with Crippen molar-refractivity contribution in [3.05, 3.63) is 48.0 Å². The van der Waals surface area contributed by atoms with E-state index in [0.29, 0.717) is 44.2 Å². The van der Waals surface area contributed by atoms with Gasteiger partial charge in [-0.3, -0.25) is 4.79 Å². The number of hydrogen-bond donors (Lipinski definition) is 3. The van der Waals surface area contributed by atoms with Crippen molar-refractivity contribution in [3.63, 3.8) is 0 Å². The number of benzene rings is 2. The third-order valence-electron chi connectivity index (χ3n) is 5.76. The molecule has 0 aliphatic carbocycles. The predicted molar refractivity (Wildman–Crippen MR) is 122 cm³/mol. The Balaban J connectivity index is 1.48. The highest BCUT2D eigenvalue weighted by Crippen LogP contribution is 2.32. The van der Waals surface area contributed by atoms with Gasteiger partial charge in [-0.1, -0.05) is 6.07 Å². The number of methoxy groups -OCH3 is 2. The summed E-state index contributed by atoms with van der Waals surface area (Å²) in [5.41, 5.74) is 7.51. The second-order valence-corrected chi connectivity index (χ2v) is 9.68. The molecule has 178 valence electrons. The lowest BCUT2D eigenvalue weighted by atomic mass is 10.0. The maximum atomic E-state index is 13.2. The number of nitrogens with one attached hydrogen (secondary N) is 3. The van der Waals surface area contributed by atoms with Gasteiger partial charge in [0.25, 0.3) is 0 Å². The molecule has 11 heteroatoms. The van der Waals surface area contributed by atoms with E-state index in [4.69, 9.17) is 14.2 Å². The van der Waals surface area contributed by atoms with E-state index in [1.165, 1.54) is 11.4 Å². The number of nitrogens with zero attached hydrogens (tertiary/aromatic N) is 1. The number of carbonyl (C=O) groups excluding carboxylic acids is 1. The number of carbonyl (C=O) groups is 1. The molecule has 2 saturated heterocycles. The summed E-state index contributed by atoms with van der Waals surface area (Å²) in [4.78, 5) is 12.8. The summed E-state index contributed by atoms with van der Waals surface area (Å²) < 4.78 is 43.6. The van der Waals surface area contributed by atoms with Crippen molar-refractivity contribution in [1.29, 1.82) is 0 Å². The quantitative estimate of drug-likeness (QED) is 0.547. The van der Waals surface area contributed by atoms with E-state index in [1.54, 1.807) is 49.6 Å². The number of morpholine rings is 1. The molecule has 10 nitrogen and oxygen atoms in total. The first-order chi connectivity index (χ1) is 15.9. The number of hydrogen-bond acceptors (Lipinski definition) is 8. The Hall–Kier alpha value is -2.70.